The number of hydrogen-bond acceptors (Lipinski definition) is 6. The van der Waals surface area contributed by atoms with Crippen molar-refractivity contribution in [3.05, 3.63) is 30.0 Å². The minimum atomic E-state index is 0.108. The van der Waals surface area contributed by atoms with Crippen LogP contribution in [0.2, 0.25) is 0 Å². The van der Waals surface area contributed by atoms with E-state index in [9.17, 15) is 4.79 Å². The third kappa shape index (κ3) is 3.11. The van der Waals surface area contributed by atoms with E-state index in [-0.39, 0.29) is 12.3 Å². The highest BCUT2D eigenvalue weighted by Gasteiger charge is 2.20. The number of nitrogens with zero attached hydrogens (tertiary/aromatic N) is 6. The molecule has 0 aliphatic carbocycles. The monoisotopic (exact) mass is 340 g/mol. The summed E-state index contributed by atoms with van der Waals surface area (Å²) in [4.78, 5) is 18.6. The molecule has 1 aliphatic heterocycles. The second-order valence-electron chi connectivity index (χ2n) is 6.29. The molecule has 0 radical (unpaired) electrons. The van der Waals surface area contributed by atoms with Gasteiger partial charge in [0, 0.05) is 31.3 Å². The molecule has 1 fully saturated rings. The molecule has 0 bridgehead atoms. The molecule has 130 valence electrons. The van der Waals surface area contributed by atoms with Crippen LogP contribution in [0.3, 0.4) is 0 Å². The van der Waals surface area contributed by atoms with Crippen molar-refractivity contribution in [2.45, 2.75) is 39.0 Å². The van der Waals surface area contributed by atoms with Crippen molar-refractivity contribution in [3.63, 3.8) is 0 Å². The standard InChI is InChI=1S/C17H20N6O2/c1-2-5-13-18-17(25-21-13)12-6-9-23-14(10-12)19-20-15(23)11-16(24)22-7-3-4-8-22/h6,9-10H,2-5,7-8,11H2,1H3. The van der Waals surface area contributed by atoms with Crippen LogP contribution >= 0.6 is 0 Å². The Balaban J connectivity index is 1.56. The maximum Gasteiger partial charge on any atom is 0.258 e. The Kier molecular flexibility index (Phi) is 4.17. The van der Waals surface area contributed by atoms with Crippen LogP contribution < -0.4 is 0 Å². The summed E-state index contributed by atoms with van der Waals surface area (Å²) in [6, 6.07) is 3.73. The Morgan fingerprint density at radius 1 is 1.28 bits per heavy atom. The molecule has 0 unspecified atom stereocenters. The van der Waals surface area contributed by atoms with Crippen LogP contribution in [0.4, 0.5) is 0 Å². The fourth-order valence-electron chi connectivity index (χ4n) is 3.10. The van der Waals surface area contributed by atoms with Crippen molar-refractivity contribution in [1.82, 2.24) is 29.6 Å². The zero-order chi connectivity index (χ0) is 17.2. The van der Waals surface area contributed by atoms with Crippen LogP contribution in [0.5, 0.6) is 0 Å². The molecule has 4 heterocycles. The maximum absolute atomic E-state index is 12.3. The Bertz CT molecular complexity index is 894. The number of likely N-dealkylation sites (tertiary alicyclic amines) is 1. The Morgan fingerprint density at radius 2 is 2.12 bits per heavy atom. The minimum Gasteiger partial charge on any atom is -0.342 e. The number of fused-ring (bicyclic) bond motifs is 1. The fourth-order valence-corrected chi connectivity index (χ4v) is 3.10. The second kappa shape index (κ2) is 6.62. The molecule has 3 aromatic rings. The summed E-state index contributed by atoms with van der Waals surface area (Å²) in [6.45, 7) is 3.76. The van der Waals surface area contributed by atoms with Crippen LogP contribution in [0.15, 0.2) is 22.9 Å². The van der Waals surface area contributed by atoms with Gasteiger partial charge in [-0.3, -0.25) is 9.20 Å². The van der Waals surface area contributed by atoms with Crippen molar-refractivity contribution in [2.24, 2.45) is 0 Å². The van der Waals surface area contributed by atoms with E-state index >= 15 is 0 Å². The highest BCUT2D eigenvalue weighted by Crippen LogP contribution is 2.20. The first-order valence-electron chi connectivity index (χ1n) is 8.69. The minimum absolute atomic E-state index is 0.108. The highest BCUT2D eigenvalue weighted by molar-refractivity contribution is 5.78. The number of aryl methyl sites for hydroxylation is 1. The number of carbonyl (C=O) groups excluding carboxylic acids is 1. The van der Waals surface area contributed by atoms with Crippen LogP contribution in [-0.4, -0.2) is 48.6 Å². The molecule has 1 amide bonds. The van der Waals surface area contributed by atoms with E-state index in [1.165, 1.54) is 0 Å². The molecule has 0 saturated carbocycles. The van der Waals surface area contributed by atoms with Crippen molar-refractivity contribution in [1.29, 1.82) is 0 Å². The normalized spacial score (nSPS) is 14.5. The van der Waals surface area contributed by atoms with E-state index in [1.807, 2.05) is 27.6 Å². The summed E-state index contributed by atoms with van der Waals surface area (Å²) >= 11 is 0. The summed E-state index contributed by atoms with van der Waals surface area (Å²) < 4.78 is 7.15. The quantitative estimate of drug-likeness (QED) is 0.705. The summed E-state index contributed by atoms with van der Waals surface area (Å²) in [5.41, 5.74) is 1.46. The second-order valence-corrected chi connectivity index (χ2v) is 6.29. The average Bonchev–Trinajstić information content (AvgIpc) is 3.36. The molecule has 0 aromatic carbocycles. The molecule has 1 aliphatic rings. The Morgan fingerprint density at radius 3 is 2.92 bits per heavy atom. The third-order valence-corrected chi connectivity index (χ3v) is 4.44. The van der Waals surface area contributed by atoms with Crippen molar-refractivity contribution >= 4 is 11.6 Å². The largest absolute Gasteiger partial charge is 0.342 e. The van der Waals surface area contributed by atoms with Gasteiger partial charge in [0.1, 0.15) is 5.82 Å². The van der Waals surface area contributed by atoms with E-state index < -0.39 is 0 Å². The van der Waals surface area contributed by atoms with Gasteiger partial charge in [-0.2, -0.15) is 4.98 Å². The molecule has 3 aromatic heterocycles. The lowest BCUT2D eigenvalue weighted by Gasteiger charge is -2.14. The molecule has 25 heavy (non-hydrogen) atoms. The van der Waals surface area contributed by atoms with Gasteiger partial charge in [0.2, 0.25) is 5.91 Å². The lowest BCUT2D eigenvalue weighted by atomic mass is 10.2. The van der Waals surface area contributed by atoms with Gasteiger partial charge in [0.25, 0.3) is 5.89 Å². The average molecular weight is 340 g/mol. The summed E-state index contributed by atoms with van der Waals surface area (Å²) in [5, 5.41) is 12.3. The number of rotatable bonds is 5. The smallest absolute Gasteiger partial charge is 0.258 e. The van der Waals surface area contributed by atoms with Gasteiger partial charge in [-0.1, -0.05) is 12.1 Å². The van der Waals surface area contributed by atoms with E-state index in [0.717, 1.165) is 44.3 Å². The number of amides is 1. The molecule has 0 N–H and O–H groups in total. The van der Waals surface area contributed by atoms with Gasteiger partial charge in [-0.15, -0.1) is 10.2 Å². The highest BCUT2D eigenvalue weighted by atomic mass is 16.5. The summed E-state index contributed by atoms with van der Waals surface area (Å²) in [7, 11) is 0. The number of pyridine rings is 1. The van der Waals surface area contributed by atoms with E-state index in [1.54, 1.807) is 0 Å². The van der Waals surface area contributed by atoms with Crippen LogP contribution in [0.25, 0.3) is 17.1 Å². The topological polar surface area (TPSA) is 89.4 Å². The molecular formula is C17H20N6O2. The van der Waals surface area contributed by atoms with Crippen molar-refractivity contribution < 1.29 is 9.32 Å². The lowest BCUT2D eigenvalue weighted by molar-refractivity contribution is -0.129. The summed E-state index contributed by atoms with van der Waals surface area (Å²) in [6.07, 6.45) is 6.04. The molecule has 0 spiro atoms. The van der Waals surface area contributed by atoms with Gasteiger partial charge in [-0.25, -0.2) is 0 Å². The first-order valence-corrected chi connectivity index (χ1v) is 8.69. The summed E-state index contributed by atoms with van der Waals surface area (Å²) in [5.74, 6) is 1.94. The molecule has 1 saturated heterocycles. The SMILES string of the molecule is CCCc1noc(-c2ccn3c(CC(=O)N4CCCC4)nnc3c2)n1. The maximum atomic E-state index is 12.3. The number of aromatic nitrogens is 5. The van der Waals surface area contributed by atoms with E-state index in [4.69, 9.17) is 4.52 Å². The van der Waals surface area contributed by atoms with Gasteiger partial charge in [-0.05, 0) is 31.4 Å². The zero-order valence-corrected chi connectivity index (χ0v) is 14.2. The molecule has 0 atom stereocenters. The zero-order valence-electron chi connectivity index (χ0n) is 14.2. The van der Waals surface area contributed by atoms with Crippen molar-refractivity contribution in [3.8, 4) is 11.5 Å². The molecular weight excluding hydrogens is 320 g/mol. The Labute approximate surface area is 144 Å². The van der Waals surface area contributed by atoms with E-state index in [0.29, 0.717) is 23.2 Å². The number of carbonyl (C=O) groups is 1. The molecule has 8 nitrogen and oxygen atoms in total. The third-order valence-electron chi connectivity index (χ3n) is 4.44. The Hall–Kier alpha value is -2.77. The van der Waals surface area contributed by atoms with Gasteiger partial charge in [0.05, 0.1) is 6.42 Å². The number of hydrogen-bond donors (Lipinski definition) is 0. The fraction of sp³-hybridized carbons (Fsp3) is 0.471. The van der Waals surface area contributed by atoms with Gasteiger partial charge >= 0.3 is 0 Å². The molecule has 4 rings (SSSR count). The van der Waals surface area contributed by atoms with Crippen molar-refractivity contribution in [2.75, 3.05) is 13.1 Å². The first kappa shape index (κ1) is 15.7. The van der Waals surface area contributed by atoms with Gasteiger partial charge < -0.3 is 9.42 Å². The van der Waals surface area contributed by atoms with E-state index in [2.05, 4.69) is 27.3 Å². The first-order chi connectivity index (χ1) is 12.2. The predicted molar refractivity (Wildman–Crippen MR) is 89.8 cm³/mol. The van der Waals surface area contributed by atoms with Gasteiger partial charge in [0.15, 0.2) is 11.5 Å². The van der Waals surface area contributed by atoms with Crippen LogP contribution in [0, 0.1) is 0 Å². The van der Waals surface area contributed by atoms with Crippen LogP contribution in [0.1, 0.15) is 37.8 Å². The lowest BCUT2D eigenvalue weighted by Crippen LogP contribution is -2.29. The predicted octanol–water partition coefficient (Wildman–Crippen LogP) is 1.90. The molecule has 8 heteroatoms. The van der Waals surface area contributed by atoms with Crippen LogP contribution in [-0.2, 0) is 17.6 Å².